The molecule has 1 rings (SSSR count). The van der Waals surface area contributed by atoms with Crippen LogP contribution in [-0.2, 0) is 13.6 Å². The van der Waals surface area contributed by atoms with Crippen LogP contribution >= 0.6 is 0 Å². The highest BCUT2D eigenvalue weighted by atomic mass is 16.3. The van der Waals surface area contributed by atoms with Gasteiger partial charge in [0.25, 0.3) is 0 Å². The average Bonchev–Trinajstić information content (AvgIpc) is 2.68. The average molecular weight is 226 g/mol. The molecule has 0 spiro atoms. The summed E-state index contributed by atoms with van der Waals surface area (Å²) in [4.78, 5) is 2.32. The lowest BCUT2D eigenvalue weighted by atomic mass is 10.3. The van der Waals surface area contributed by atoms with Gasteiger partial charge >= 0.3 is 0 Å². The smallest absolute Gasteiger partial charge is 0.146 e. The molecule has 1 N–H and O–H groups in total. The molecule has 1 heterocycles. The first kappa shape index (κ1) is 13.1. The van der Waals surface area contributed by atoms with Gasteiger partial charge in [0.05, 0.1) is 6.54 Å². The Labute approximate surface area is 97.1 Å². The fourth-order valence-corrected chi connectivity index (χ4v) is 1.60. The summed E-state index contributed by atoms with van der Waals surface area (Å²) in [6, 6.07) is 0. The normalized spacial score (nSPS) is 11.2. The highest BCUT2D eigenvalue weighted by Gasteiger charge is 2.08. The minimum Gasteiger partial charge on any atom is -0.396 e. The number of aliphatic hydroxyl groups excluding tert-OH is 1. The zero-order valence-corrected chi connectivity index (χ0v) is 10.3. The molecule has 0 aliphatic carbocycles. The van der Waals surface area contributed by atoms with Crippen molar-refractivity contribution in [3.05, 3.63) is 12.2 Å². The quantitative estimate of drug-likeness (QED) is 0.712. The van der Waals surface area contributed by atoms with Gasteiger partial charge in [0.2, 0.25) is 0 Å². The lowest BCUT2D eigenvalue weighted by Crippen LogP contribution is -2.27. The van der Waals surface area contributed by atoms with E-state index in [-0.39, 0.29) is 6.61 Å². The second-order valence-corrected chi connectivity index (χ2v) is 4.06. The van der Waals surface area contributed by atoms with Crippen LogP contribution in [0.15, 0.2) is 6.33 Å². The molecule has 5 nitrogen and oxygen atoms in total. The Morgan fingerprint density at radius 2 is 2.12 bits per heavy atom. The van der Waals surface area contributed by atoms with Crippen LogP contribution in [0.1, 0.15) is 32.0 Å². The molecule has 0 radical (unpaired) electrons. The number of aliphatic hydroxyl groups is 1. The summed E-state index contributed by atoms with van der Waals surface area (Å²) < 4.78 is 1.94. The molecule has 5 heteroatoms. The van der Waals surface area contributed by atoms with Crippen LogP contribution in [0, 0.1) is 0 Å². The molecule has 1 aromatic heterocycles. The Hall–Kier alpha value is -0.940. The second-order valence-electron chi connectivity index (χ2n) is 4.06. The summed E-state index contributed by atoms with van der Waals surface area (Å²) >= 11 is 0. The predicted molar refractivity (Wildman–Crippen MR) is 62.9 cm³/mol. The number of unbranched alkanes of at least 4 members (excludes halogenated alkanes) is 1. The molecule has 0 aromatic carbocycles. The molecule has 0 saturated heterocycles. The van der Waals surface area contributed by atoms with Gasteiger partial charge in [-0.25, -0.2) is 0 Å². The maximum absolute atomic E-state index is 8.86. The van der Waals surface area contributed by atoms with E-state index in [1.54, 1.807) is 6.33 Å². The van der Waals surface area contributed by atoms with Gasteiger partial charge in [0.15, 0.2) is 0 Å². The van der Waals surface area contributed by atoms with Gasteiger partial charge < -0.3 is 9.67 Å². The molecule has 92 valence electrons. The van der Waals surface area contributed by atoms with Gasteiger partial charge in [-0.15, -0.1) is 10.2 Å². The van der Waals surface area contributed by atoms with Crippen LogP contribution in [0.2, 0.25) is 0 Å². The minimum atomic E-state index is 0.251. The fourth-order valence-electron chi connectivity index (χ4n) is 1.60. The summed E-state index contributed by atoms with van der Waals surface area (Å²) in [5, 5.41) is 16.8. The van der Waals surface area contributed by atoms with Crippen molar-refractivity contribution in [2.45, 2.75) is 32.7 Å². The summed E-state index contributed by atoms with van der Waals surface area (Å²) in [6.45, 7) is 5.23. The molecular weight excluding hydrogens is 204 g/mol. The number of aryl methyl sites for hydroxylation is 1. The van der Waals surface area contributed by atoms with Crippen molar-refractivity contribution >= 4 is 0 Å². The third-order valence-corrected chi connectivity index (χ3v) is 2.63. The first-order valence-electron chi connectivity index (χ1n) is 5.94. The van der Waals surface area contributed by atoms with Crippen molar-refractivity contribution < 1.29 is 5.11 Å². The molecule has 0 aliphatic heterocycles. The van der Waals surface area contributed by atoms with Crippen molar-refractivity contribution in [2.75, 3.05) is 19.7 Å². The number of hydrogen-bond acceptors (Lipinski definition) is 4. The lowest BCUT2D eigenvalue weighted by Gasteiger charge is -2.20. The predicted octanol–water partition coefficient (Wildman–Crippen LogP) is 0.800. The molecule has 0 fully saturated rings. The van der Waals surface area contributed by atoms with Gasteiger partial charge in [-0.2, -0.15) is 0 Å². The number of aromatic nitrogens is 3. The molecule has 1 aromatic rings. The van der Waals surface area contributed by atoms with Crippen molar-refractivity contribution in [1.29, 1.82) is 0 Å². The summed E-state index contributed by atoms with van der Waals surface area (Å²) in [5.74, 6) is 0.981. The third-order valence-electron chi connectivity index (χ3n) is 2.63. The molecule has 0 amide bonds. The summed E-state index contributed by atoms with van der Waals surface area (Å²) in [7, 11) is 1.96. The van der Waals surface area contributed by atoms with Gasteiger partial charge in [-0.3, -0.25) is 4.90 Å². The SMILES string of the molecule is CCCCN(CCCO)Cc1nncn1C. The Balaban J connectivity index is 2.45. The van der Waals surface area contributed by atoms with E-state index in [9.17, 15) is 0 Å². The van der Waals surface area contributed by atoms with E-state index in [1.165, 1.54) is 12.8 Å². The molecule has 0 saturated carbocycles. The number of rotatable bonds is 8. The molecular formula is C11H22N4O. The Kier molecular flexibility index (Phi) is 6.03. The van der Waals surface area contributed by atoms with Crippen molar-refractivity contribution in [3.8, 4) is 0 Å². The zero-order chi connectivity index (χ0) is 11.8. The summed E-state index contributed by atoms with van der Waals surface area (Å²) in [5.41, 5.74) is 0. The molecule has 0 bridgehead atoms. The van der Waals surface area contributed by atoms with Gasteiger partial charge in [0, 0.05) is 20.2 Å². The minimum absolute atomic E-state index is 0.251. The van der Waals surface area contributed by atoms with Crippen LogP contribution in [0.5, 0.6) is 0 Å². The zero-order valence-electron chi connectivity index (χ0n) is 10.3. The van der Waals surface area contributed by atoms with Crippen LogP contribution in [0.3, 0.4) is 0 Å². The third kappa shape index (κ3) is 4.28. The first-order chi connectivity index (χ1) is 7.77. The Morgan fingerprint density at radius 3 is 2.69 bits per heavy atom. The summed E-state index contributed by atoms with van der Waals surface area (Å²) in [6.07, 6.45) is 4.92. The topological polar surface area (TPSA) is 54.2 Å². The van der Waals surface area contributed by atoms with Crippen LogP contribution < -0.4 is 0 Å². The molecule has 0 aliphatic rings. The van der Waals surface area contributed by atoms with Gasteiger partial charge in [-0.05, 0) is 19.4 Å². The lowest BCUT2D eigenvalue weighted by molar-refractivity contribution is 0.211. The number of nitrogens with zero attached hydrogens (tertiary/aromatic N) is 4. The molecule has 16 heavy (non-hydrogen) atoms. The first-order valence-corrected chi connectivity index (χ1v) is 5.94. The van der Waals surface area contributed by atoms with E-state index < -0.39 is 0 Å². The Bertz CT molecular complexity index is 279. The maximum atomic E-state index is 8.86. The Morgan fingerprint density at radius 1 is 1.38 bits per heavy atom. The van der Waals surface area contributed by atoms with E-state index in [1.807, 2.05) is 11.6 Å². The highest BCUT2D eigenvalue weighted by molar-refractivity contribution is 4.84. The van der Waals surface area contributed by atoms with Crippen LogP contribution in [0.25, 0.3) is 0 Å². The van der Waals surface area contributed by atoms with Crippen molar-refractivity contribution in [2.24, 2.45) is 7.05 Å². The van der Waals surface area contributed by atoms with Crippen LogP contribution in [0.4, 0.5) is 0 Å². The van der Waals surface area contributed by atoms with E-state index >= 15 is 0 Å². The molecule has 0 atom stereocenters. The second kappa shape index (κ2) is 7.35. The monoisotopic (exact) mass is 226 g/mol. The van der Waals surface area contributed by atoms with Crippen LogP contribution in [-0.4, -0.2) is 44.5 Å². The fraction of sp³-hybridized carbons (Fsp3) is 0.818. The van der Waals surface area contributed by atoms with Gasteiger partial charge in [0.1, 0.15) is 12.2 Å². The maximum Gasteiger partial charge on any atom is 0.146 e. The largest absolute Gasteiger partial charge is 0.396 e. The number of hydrogen-bond donors (Lipinski definition) is 1. The van der Waals surface area contributed by atoms with E-state index in [0.29, 0.717) is 0 Å². The molecule has 0 unspecified atom stereocenters. The van der Waals surface area contributed by atoms with E-state index in [4.69, 9.17) is 5.11 Å². The van der Waals surface area contributed by atoms with E-state index in [2.05, 4.69) is 22.0 Å². The van der Waals surface area contributed by atoms with Gasteiger partial charge in [-0.1, -0.05) is 13.3 Å². The van der Waals surface area contributed by atoms with E-state index in [0.717, 1.165) is 31.9 Å². The van der Waals surface area contributed by atoms with Crippen molar-refractivity contribution in [1.82, 2.24) is 19.7 Å². The standard InChI is InChI=1S/C11H22N4O/c1-3-4-6-15(7-5-8-16)9-11-13-12-10-14(11)2/h10,16H,3-9H2,1-2H3. The highest BCUT2D eigenvalue weighted by Crippen LogP contribution is 2.03. The van der Waals surface area contributed by atoms with Crippen molar-refractivity contribution in [3.63, 3.8) is 0 Å².